The molecule has 1 aromatic heterocycles. The standard InChI is InChI=1S/C27H34N4O4S2/c1-18-12-14-31(15-13-18)26(32)22-16-21(10-11-23(22)36-5)37(33,34)28-17-24-29-25(30-35-24)19-6-8-20(9-7-19)27(2,3)4/h6-11,16,18,28H,12-15,17H2,1-5H3. The minimum Gasteiger partial charge on any atom is -0.339 e. The number of carbonyl (C=O) groups is 1. The molecule has 4 rings (SSSR count). The number of piperidine rings is 1. The minimum atomic E-state index is -3.91. The second kappa shape index (κ2) is 11.0. The first-order chi connectivity index (χ1) is 17.5. The zero-order valence-electron chi connectivity index (χ0n) is 21.9. The second-order valence-electron chi connectivity index (χ2n) is 10.5. The van der Waals surface area contributed by atoms with Crippen LogP contribution in [0, 0.1) is 5.92 Å². The van der Waals surface area contributed by atoms with Crippen LogP contribution in [0.25, 0.3) is 11.4 Å². The lowest BCUT2D eigenvalue weighted by Crippen LogP contribution is -2.38. The summed E-state index contributed by atoms with van der Waals surface area (Å²) in [4.78, 5) is 20.2. The molecule has 0 bridgehead atoms. The van der Waals surface area contributed by atoms with Gasteiger partial charge >= 0.3 is 0 Å². The van der Waals surface area contributed by atoms with E-state index in [9.17, 15) is 13.2 Å². The van der Waals surface area contributed by atoms with Crippen LogP contribution < -0.4 is 4.72 Å². The Bertz CT molecular complexity index is 1350. The first-order valence-corrected chi connectivity index (χ1v) is 15.1. The number of thioether (sulfide) groups is 1. The van der Waals surface area contributed by atoms with Gasteiger partial charge in [-0.2, -0.15) is 4.98 Å². The normalized spacial score (nSPS) is 15.2. The average molecular weight is 543 g/mol. The summed E-state index contributed by atoms with van der Waals surface area (Å²) in [6, 6.07) is 12.6. The molecule has 37 heavy (non-hydrogen) atoms. The maximum absolute atomic E-state index is 13.2. The summed E-state index contributed by atoms with van der Waals surface area (Å²) < 4.78 is 34.0. The van der Waals surface area contributed by atoms with Crippen molar-refractivity contribution >= 4 is 27.7 Å². The van der Waals surface area contributed by atoms with Crippen molar-refractivity contribution in [2.45, 2.75) is 62.3 Å². The van der Waals surface area contributed by atoms with E-state index in [1.165, 1.54) is 29.5 Å². The third kappa shape index (κ3) is 6.42. The molecule has 1 N–H and O–H groups in total. The zero-order valence-corrected chi connectivity index (χ0v) is 23.6. The molecule has 1 saturated heterocycles. The molecule has 10 heteroatoms. The minimum absolute atomic E-state index is 0.0246. The highest BCUT2D eigenvalue weighted by Gasteiger charge is 2.26. The summed E-state index contributed by atoms with van der Waals surface area (Å²) in [6.07, 6.45) is 3.78. The summed E-state index contributed by atoms with van der Waals surface area (Å²) in [6.45, 7) is 9.81. The fourth-order valence-electron chi connectivity index (χ4n) is 4.21. The summed E-state index contributed by atoms with van der Waals surface area (Å²) in [5.41, 5.74) is 2.41. The van der Waals surface area contributed by atoms with E-state index in [1.807, 2.05) is 35.4 Å². The van der Waals surface area contributed by atoms with Crippen LogP contribution in [0.1, 0.15) is 62.3 Å². The Hall–Kier alpha value is -2.69. The van der Waals surface area contributed by atoms with Gasteiger partial charge in [0.25, 0.3) is 5.91 Å². The number of sulfonamides is 1. The Morgan fingerprint density at radius 1 is 1.14 bits per heavy atom. The molecular weight excluding hydrogens is 508 g/mol. The quantitative estimate of drug-likeness (QED) is 0.414. The van der Waals surface area contributed by atoms with Gasteiger partial charge in [0.15, 0.2) is 0 Å². The third-order valence-corrected chi connectivity index (χ3v) is 8.87. The lowest BCUT2D eigenvalue weighted by Gasteiger charge is -2.30. The van der Waals surface area contributed by atoms with E-state index in [2.05, 4.69) is 42.6 Å². The van der Waals surface area contributed by atoms with Crippen LogP contribution in [0.5, 0.6) is 0 Å². The third-order valence-electron chi connectivity index (χ3n) is 6.67. The smallest absolute Gasteiger partial charge is 0.255 e. The van der Waals surface area contributed by atoms with Gasteiger partial charge in [-0.05, 0) is 54.2 Å². The van der Waals surface area contributed by atoms with Gasteiger partial charge in [0.05, 0.1) is 17.0 Å². The van der Waals surface area contributed by atoms with Crippen molar-refractivity contribution in [3.05, 3.63) is 59.5 Å². The molecule has 0 unspecified atom stereocenters. The summed E-state index contributed by atoms with van der Waals surface area (Å²) >= 11 is 1.42. The highest BCUT2D eigenvalue weighted by Crippen LogP contribution is 2.28. The first-order valence-electron chi connectivity index (χ1n) is 12.4. The summed E-state index contributed by atoms with van der Waals surface area (Å²) in [5, 5.41) is 3.99. The molecule has 0 atom stereocenters. The lowest BCUT2D eigenvalue weighted by molar-refractivity contribution is 0.0693. The van der Waals surface area contributed by atoms with Crippen LogP contribution in [0.15, 0.2) is 56.8 Å². The molecule has 2 aromatic carbocycles. The lowest BCUT2D eigenvalue weighted by atomic mass is 9.87. The topological polar surface area (TPSA) is 105 Å². The van der Waals surface area contributed by atoms with E-state index in [4.69, 9.17) is 4.52 Å². The summed E-state index contributed by atoms with van der Waals surface area (Å²) in [7, 11) is -3.91. The second-order valence-corrected chi connectivity index (χ2v) is 13.1. The molecule has 0 spiro atoms. The number of carbonyl (C=O) groups excluding carboxylic acids is 1. The molecule has 1 fully saturated rings. The highest BCUT2D eigenvalue weighted by molar-refractivity contribution is 7.98. The van der Waals surface area contributed by atoms with Crippen molar-refractivity contribution in [2.75, 3.05) is 19.3 Å². The molecule has 1 aliphatic rings. The van der Waals surface area contributed by atoms with Crippen molar-refractivity contribution in [1.29, 1.82) is 0 Å². The SMILES string of the molecule is CSc1ccc(S(=O)(=O)NCc2nc(-c3ccc(C(C)(C)C)cc3)no2)cc1C(=O)N1CCC(C)CC1. The van der Waals surface area contributed by atoms with E-state index in [1.54, 1.807) is 6.07 Å². The number of rotatable bonds is 7. The Morgan fingerprint density at radius 2 is 1.81 bits per heavy atom. The molecular formula is C27H34N4O4S2. The monoisotopic (exact) mass is 542 g/mol. The Kier molecular flexibility index (Phi) is 8.11. The average Bonchev–Trinajstić information content (AvgIpc) is 3.36. The Morgan fingerprint density at radius 3 is 2.43 bits per heavy atom. The van der Waals surface area contributed by atoms with Crippen LogP contribution in [0.2, 0.25) is 0 Å². The predicted molar refractivity (Wildman–Crippen MR) is 145 cm³/mol. The number of nitrogens with one attached hydrogen (secondary N) is 1. The van der Waals surface area contributed by atoms with Gasteiger partial charge in [0.1, 0.15) is 0 Å². The number of aromatic nitrogens is 2. The van der Waals surface area contributed by atoms with Crippen LogP contribution in [-0.2, 0) is 22.0 Å². The van der Waals surface area contributed by atoms with Crippen LogP contribution in [-0.4, -0.2) is 48.7 Å². The molecule has 3 aromatic rings. The van der Waals surface area contributed by atoms with Crippen molar-refractivity contribution in [2.24, 2.45) is 5.92 Å². The highest BCUT2D eigenvalue weighted by atomic mass is 32.2. The number of likely N-dealkylation sites (tertiary alicyclic amines) is 1. The van der Waals surface area contributed by atoms with Crippen LogP contribution in [0.3, 0.4) is 0 Å². The van der Waals surface area contributed by atoms with E-state index < -0.39 is 10.0 Å². The van der Waals surface area contributed by atoms with Gasteiger partial charge in [0.2, 0.25) is 21.7 Å². The summed E-state index contributed by atoms with van der Waals surface area (Å²) in [5.74, 6) is 1.00. The van der Waals surface area contributed by atoms with Gasteiger partial charge in [0, 0.05) is 23.5 Å². The predicted octanol–water partition coefficient (Wildman–Crippen LogP) is 5.11. The molecule has 0 saturated carbocycles. The molecule has 198 valence electrons. The molecule has 1 aliphatic heterocycles. The maximum atomic E-state index is 13.2. The van der Waals surface area contributed by atoms with Gasteiger partial charge in [-0.15, -0.1) is 11.8 Å². The van der Waals surface area contributed by atoms with Gasteiger partial charge in [-0.25, -0.2) is 13.1 Å². The van der Waals surface area contributed by atoms with E-state index in [-0.39, 0.29) is 28.7 Å². The first kappa shape index (κ1) is 27.3. The fourth-order valence-corrected chi connectivity index (χ4v) is 5.78. The van der Waals surface area contributed by atoms with Crippen LogP contribution >= 0.6 is 11.8 Å². The molecule has 1 amide bonds. The molecule has 2 heterocycles. The van der Waals surface area contributed by atoms with Gasteiger partial charge in [-0.3, -0.25) is 4.79 Å². The van der Waals surface area contributed by atoms with Crippen molar-refractivity contribution in [1.82, 2.24) is 19.8 Å². The van der Waals surface area contributed by atoms with E-state index in [0.29, 0.717) is 30.4 Å². The fraction of sp³-hybridized carbons (Fsp3) is 0.444. The maximum Gasteiger partial charge on any atom is 0.255 e. The Labute approximate surface area is 223 Å². The zero-order chi connectivity index (χ0) is 26.8. The number of amides is 1. The molecule has 8 nitrogen and oxygen atoms in total. The van der Waals surface area contributed by atoms with Gasteiger partial charge < -0.3 is 9.42 Å². The van der Waals surface area contributed by atoms with Crippen molar-refractivity contribution in [3.8, 4) is 11.4 Å². The van der Waals surface area contributed by atoms with Crippen molar-refractivity contribution in [3.63, 3.8) is 0 Å². The largest absolute Gasteiger partial charge is 0.339 e. The molecule has 0 radical (unpaired) electrons. The van der Waals surface area contributed by atoms with Crippen LogP contribution in [0.4, 0.5) is 0 Å². The number of benzene rings is 2. The van der Waals surface area contributed by atoms with Crippen molar-refractivity contribution < 1.29 is 17.7 Å². The number of nitrogens with zero attached hydrogens (tertiary/aromatic N) is 3. The molecule has 0 aliphatic carbocycles. The number of hydrogen-bond acceptors (Lipinski definition) is 7. The Balaban J connectivity index is 1.47. The van der Waals surface area contributed by atoms with Gasteiger partial charge in [-0.1, -0.05) is 57.1 Å². The van der Waals surface area contributed by atoms with E-state index >= 15 is 0 Å². The van der Waals surface area contributed by atoms with E-state index in [0.717, 1.165) is 23.3 Å². The number of hydrogen-bond donors (Lipinski definition) is 1.